The second kappa shape index (κ2) is 5.84. The van der Waals surface area contributed by atoms with Crippen LogP contribution in [0.4, 0.5) is 13.2 Å². The average Bonchev–Trinajstić information content (AvgIpc) is 2.30. The van der Waals surface area contributed by atoms with Gasteiger partial charge in [-0.15, -0.1) is 0 Å². The van der Waals surface area contributed by atoms with Gasteiger partial charge in [0.05, 0.1) is 28.7 Å². The third-order valence-electron chi connectivity index (χ3n) is 1.91. The van der Waals surface area contributed by atoms with Crippen LogP contribution < -0.4 is 0 Å². The minimum absolute atomic E-state index is 0.0352. The van der Waals surface area contributed by atoms with Gasteiger partial charge in [-0.3, -0.25) is 0 Å². The number of carbonyl (C=O) groups excluding carboxylic acids is 1. The van der Waals surface area contributed by atoms with E-state index in [2.05, 4.69) is 4.74 Å². The van der Waals surface area contributed by atoms with Crippen molar-refractivity contribution >= 4 is 17.7 Å². The molecule has 0 aromatic heterocycles. The maximum absolute atomic E-state index is 12.4. The first-order valence-electron chi connectivity index (χ1n) is 4.98. The van der Waals surface area contributed by atoms with Crippen LogP contribution in [0.2, 0.25) is 0 Å². The van der Waals surface area contributed by atoms with Crippen molar-refractivity contribution in [3.63, 3.8) is 0 Å². The maximum Gasteiger partial charge on any atom is 0.446 e. The van der Waals surface area contributed by atoms with Crippen molar-refractivity contribution in [3.8, 4) is 11.8 Å². The number of benzene rings is 1. The van der Waals surface area contributed by atoms with Gasteiger partial charge in [-0.1, -0.05) is 0 Å². The van der Waals surface area contributed by atoms with Gasteiger partial charge < -0.3 is 9.84 Å². The van der Waals surface area contributed by atoms with E-state index < -0.39 is 39.4 Å². The zero-order chi connectivity index (χ0) is 14.6. The number of phenolic OH excluding ortho intramolecular Hbond substituents is 1. The van der Waals surface area contributed by atoms with Gasteiger partial charge in [-0.05, 0) is 30.8 Å². The predicted molar refractivity (Wildman–Crippen MR) is 60.7 cm³/mol. The maximum atomic E-state index is 12.4. The summed E-state index contributed by atoms with van der Waals surface area (Å²) in [5.41, 5.74) is -5.29. The Morgan fingerprint density at radius 3 is 2.63 bits per heavy atom. The van der Waals surface area contributed by atoms with Gasteiger partial charge in [0.2, 0.25) is 0 Å². The smallest absolute Gasteiger partial charge is 0.446 e. The minimum atomic E-state index is -4.67. The molecular weight excluding hydrogens is 283 g/mol. The number of rotatable bonds is 3. The summed E-state index contributed by atoms with van der Waals surface area (Å²) in [5.74, 6) is -1.81. The summed E-state index contributed by atoms with van der Waals surface area (Å²) >= 11 is -0.633. The summed E-state index contributed by atoms with van der Waals surface area (Å²) in [4.78, 5) is 10.9. The molecule has 1 aromatic carbocycles. The Morgan fingerprint density at radius 1 is 1.53 bits per heavy atom. The molecule has 0 heterocycles. The van der Waals surface area contributed by atoms with Crippen molar-refractivity contribution in [2.75, 3.05) is 6.61 Å². The highest BCUT2D eigenvalue weighted by Gasteiger charge is 2.33. The van der Waals surface area contributed by atoms with Crippen LogP contribution in [0, 0.1) is 11.3 Å². The summed E-state index contributed by atoms with van der Waals surface area (Å²) in [5, 5.41) is 18.2. The van der Waals surface area contributed by atoms with E-state index in [0.29, 0.717) is 0 Å². The van der Waals surface area contributed by atoms with Gasteiger partial charge in [0.25, 0.3) is 0 Å². The van der Waals surface area contributed by atoms with Gasteiger partial charge in [0.15, 0.2) is 0 Å². The van der Waals surface area contributed by atoms with Crippen molar-refractivity contribution in [3.05, 3.63) is 23.3 Å². The lowest BCUT2D eigenvalue weighted by atomic mass is 10.1. The van der Waals surface area contributed by atoms with Gasteiger partial charge in [0.1, 0.15) is 5.75 Å². The number of carbonyl (C=O) groups is 1. The van der Waals surface area contributed by atoms with Crippen LogP contribution in [-0.2, 0) is 4.74 Å². The van der Waals surface area contributed by atoms with Gasteiger partial charge in [0, 0.05) is 0 Å². The van der Waals surface area contributed by atoms with Crippen molar-refractivity contribution in [1.82, 2.24) is 0 Å². The monoisotopic (exact) mass is 291 g/mol. The second-order valence-electron chi connectivity index (χ2n) is 3.25. The minimum Gasteiger partial charge on any atom is -0.507 e. The Balaban J connectivity index is 3.34. The van der Waals surface area contributed by atoms with E-state index in [4.69, 9.17) is 5.26 Å². The SMILES string of the molecule is CCOC(=O)c1cc(C#N)cc(O)c1SC(F)(F)F. The van der Waals surface area contributed by atoms with Crippen LogP contribution in [0.15, 0.2) is 17.0 Å². The Bertz CT molecular complexity index is 537. The van der Waals surface area contributed by atoms with Crippen molar-refractivity contribution < 1.29 is 27.8 Å². The lowest BCUT2D eigenvalue weighted by molar-refractivity contribution is -0.0329. The zero-order valence-electron chi connectivity index (χ0n) is 9.61. The van der Waals surface area contributed by atoms with E-state index in [0.717, 1.165) is 12.1 Å². The van der Waals surface area contributed by atoms with Crippen LogP contribution in [0.1, 0.15) is 22.8 Å². The number of ether oxygens (including phenoxy) is 1. The van der Waals surface area contributed by atoms with Gasteiger partial charge >= 0.3 is 11.5 Å². The van der Waals surface area contributed by atoms with E-state index in [9.17, 15) is 23.1 Å². The van der Waals surface area contributed by atoms with E-state index >= 15 is 0 Å². The number of hydrogen-bond donors (Lipinski definition) is 1. The molecule has 0 bridgehead atoms. The number of halogens is 3. The number of aromatic hydroxyl groups is 1. The Hall–Kier alpha value is -1.88. The number of nitrogens with zero attached hydrogens (tertiary/aromatic N) is 1. The normalized spacial score (nSPS) is 10.9. The summed E-state index contributed by atoms with van der Waals surface area (Å²) in [6.45, 7) is 1.45. The van der Waals surface area contributed by atoms with Crippen LogP contribution in [-0.4, -0.2) is 23.2 Å². The standard InChI is InChI=1S/C11H8F3NO3S/c1-2-18-10(17)7-3-6(5-15)4-8(16)9(7)19-11(12,13)14/h3-4,16H,2H2,1H3. The molecule has 0 atom stereocenters. The first-order valence-corrected chi connectivity index (χ1v) is 5.80. The Kier molecular flexibility index (Phi) is 4.67. The molecule has 0 unspecified atom stereocenters. The fraction of sp³-hybridized carbons (Fsp3) is 0.273. The molecule has 0 radical (unpaired) electrons. The summed E-state index contributed by atoms with van der Waals surface area (Å²) in [6.07, 6.45) is 0. The molecule has 0 aliphatic carbocycles. The van der Waals surface area contributed by atoms with E-state index in [-0.39, 0.29) is 12.2 Å². The number of nitriles is 1. The van der Waals surface area contributed by atoms with Crippen LogP contribution in [0.5, 0.6) is 5.75 Å². The number of phenols is 1. The molecule has 19 heavy (non-hydrogen) atoms. The van der Waals surface area contributed by atoms with Crippen molar-refractivity contribution in [2.24, 2.45) is 0 Å². The average molecular weight is 291 g/mol. The third kappa shape index (κ3) is 4.06. The molecule has 0 spiro atoms. The second-order valence-corrected chi connectivity index (χ2v) is 4.33. The zero-order valence-corrected chi connectivity index (χ0v) is 10.4. The van der Waals surface area contributed by atoms with Gasteiger partial charge in [-0.2, -0.15) is 18.4 Å². The molecule has 102 valence electrons. The predicted octanol–water partition coefficient (Wildman–Crippen LogP) is 3.05. The molecule has 0 saturated carbocycles. The molecule has 0 saturated heterocycles. The Labute approximate surface area is 110 Å². The highest BCUT2D eigenvalue weighted by atomic mass is 32.2. The van der Waals surface area contributed by atoms with Crippen LogP contribution in [0.25, 0.3) is 0 Å². The molecule has 0 amide bonds. The van der Waals surface area contributed by atoms with Crippen LogP contribution >= 0.6 is 11.8 Å². The highest BCUT2D eigenvalue weighted by molar-refractivity contribution is 8.00. The third-order valence-corrected chi connectivity index (χ3v) is 2.78. The fourth-order valence-electron chi connectivity index (χ4n) is 1.26. The fourth-order valence-corrected chi connectivity index (χ4v) is 1.91. The van der Waals surface area contributed by atoms with Crippen LogP contribution in [0.3, 0.4) is 0 Å². The van der Waals surface area contributed by atoms with Crippen molar-refractivity contribution in [2.45, 2.75) is 17.3 Å². The molecule has 1 N–H and O–H groups in total. The number of alkyl halides is 3. The molecule has 1 aromatic rings. The Morgan fingerprint density at radius 2 is 2.16 bits per heavy atom. The lowest BCUT2D eigenvalue weighted by Gasteiger charge is -2.12. The first kappa shape index (κ1) is 15.2. The van der Waals surface area contributed by atoms with Crippen molar-refractivity contribution in [1.29, 1.82) is 5.26 Å². The highest BCUT2D eigenvalue weighted by Crippen LogP contribution is 2.43. The van der Waals surface area contributed by atoms with Gasteiger partial charge in [-0.25, -0.2) is 4.79 Å². The molecule has 8 heteroatoms. The topological polar surface area (TPSA) is 70.3 Å². The largest absolute Gasteiger partial charge is 0.507 e. The quantitative estimate of drug-likeness (QED) is 0.684. The molecule has 1 rings (SSSR count). The summed E-state index contributed by atoms with van der Waals surface area (Å²) < 4.78 is 41.7. The number of thioether (sulfide) groups is 1. The first-order chi connectivity index (χ1) is 8.78. The van der Waals surface area contributed by atoms with E-state index in [1.54, 1.807) is 6.07 Å². The summed E-state index contributed by atoms with van der Waals surface area (Å²) in [7, 11) is 0. The van der Waals surface area contributed by atoms with E-state index in [1.165, 1.54) is 6.92 Å². The van der Waals surface area contributed by atoms with E-state index in [1.807, 2.05) is 0 Å². The number of hydrogen-bond acceptors (Lipinski definition) is 5. The molecule has 0 fully saturated rings. The lowest BCUT2D eigenvalue weighted by Crippen LogP contribution is -2.09. The molecule has 0 aliphatic rings. The molecule has 0 aliphatic heterocycles. The number of esters is 1. The molecular formula is C11H8F3NO3S. The molecule has 4 nitrogen and oxygen atoms in total. The summed E-state index contributed by atoms with van der Waals surface area (Å²) in [6, 6.07) is 3.45.